The fourth-order valence-corrected chi connectivity index (χ4v) is 0.543. The van der Waals surface area contributed by atoms with E-state index in [2.05, 4.69) is 6.92 Å². The molecule has 0 aromatic heterocycles. The fraction of sp³-hybridized carbons (Fsp3) is 0.875. The summed E-state index contributed by atoms with van der Waals surface area (Å²) in [4.78, 5) is 0. The Hall–Kier alpha value is -0.120. The van der Waals surface area contributed by atoms with Crippen LogP contribution >= 0.6 is 0 Å². The second-order valence-electron chi connectivity index (χ2n) is 2.94. The quantitative estimate of drug-likeness (QED) is 0.580. The molecular weight excluding hydrogens is 144 g/mol. The minimum atomic E-state index is -0.345. The molecule has 0 aromatic rings. The third-order valence-corrected chi connectivity index (χ3v) is 0.956. The van der Waals surface area contributed by atoms with E-state index in [4.69, 9.17) is 14.6 Å². The van der Waals surface area contributed by atoms with Crippen LogP contribution in [0.1, 0.15) is 13.8 Å². The fourth-order valence-electron chi connectivity index (χ4n) is 0.543. The van der Waals surface area contributed by atoms with Crippen LogP contribution in [0.3, 0.4) is 0 Å². The van der Waals surface area contributed by atoms with Crippen LogP contribution in [-0.4, -0.2) is 37.1 Å². The number of hydrogen-bond donors (Lipinski definition) is 1. The van der Waals surface area contributed by atoms with Gasteiger partial charge in [0.05, 0.1) is 32.0 Å². The molecule has 0 aliphatic rings. The molecule has 0 fully saturated rings. The van der Waals surface area contributed by atoms with E-state index in [-0.39, 0.29) is 12.2 Å². The third kappa shape index (κ3) is 9.88. The Morgan fingerprint density at radius 1 is 1.27 bits per heavy atom. The van der Waals surface area contributed by atoms with Crippen LogP contribution in [-0.2, 0) is 9.47 Å². The lowest BCUT2D eigenvalue weighted by Gasteiger charge is -2.18. The minimum absolute atomic E-state index is 0.0633. The summed E-state index contributed by atoms with van der Waals surface area (Å²) in [5.41, 5.74) is -0.345. The molecule has 0 bridgehead atoms. The van der Waals surface area contributed by atoms with Gasteiger partial charge < -0.3 is 14.6 Å². The van der Waals surface area contributed by atoms with Crippen LogP contribution < -0.4 is 0 Å². The standard InChI is InChI=1S/C8H17O3/c1-8(2,3)11-7-6-10-5-4-9/h9H,1,4-7H2,2-3H3. The Balaban J connectivity index is 3.02. The van der Waals surface area contributed by atoms with E-state index in [9.17, 15) is 0 Å². The van der Waals surface area contributed by atoms with Gasteiger partial charge in [-0.1, -0.05) is 0 Å². The van der Waals surface area contributed by atoms with Crippen molar-refractivity contribution in [1.82, 2.24) is 0 Å². The molecule has 0 heterocycles. The summed E-state index contributed by atoms with van der Waals surface area (Å²) >= 11 is 0. The molecule has 0 unspecified atom stereocenters. The van der Waals surface area contributed by atoms with Gasteiger partial charge in [-0.05, 0) is 20.8 Å². The van der Waals surface area contributed by atoms with Gasteiger partial charge in [-0.15, -0.1) is 0 Å². The van der Waals surface area contributed by atoms with Crippen molar-refractivity contribution in [1.29, 1.82) is 0 Å². The Kier molecular flexibility index (Phi) is 5.46. The molecule has 11 heavy (non-hydrogen) atoms. The Morgan fingerprint density at radius 3 is 2.36 bits per heavy atom. The molecule has 0 saturated carbocycles. The topological polar surface area (TPSA) is 38.7 Å². The molecule has 67 valence electrons. The highest BCUT2D eigenvalue weighted by Gasteiger charge is 2.08. The molecule has 0 aromatic carbocycles. The van der Waals surface area contributed by atoms with Gasteiger partial charge in [-0.3, -0.25) is 0 Å². The Morgan fingerprint density at radius 2 is 1.91 bits per heavy atom. The smallest absolute Gasteiger partial charge is 0.0707 e. The summed E-state index contributed by atoms with van der Waals surface area (Å²) in [6.07, 6.45) is 0. The molecular formula is C8H17O3. The lowest BCUT2D eigenvalue weighted by atomic mass is 10.2. The van der Waals surface area contributed by atoms with Crippen molar-refractivity contribution in [3.63, 3.8) is 0 Å². The van der Waals surface area contributed by atoms with Crippen LogP contribution in [0.5, 0.6) is 0 Å². The number of rotatable bonds is 6. The van der Waals surface area contributed by atoms with Gasteiger partial charge in [0, 0.05) is 0 Å². The molecule has 0 saturated heterocycles. The van der Waals surface area contributed by atoms with Crippen LogP contribution in [0, 0.1) is 6.92 Å². The van der Waals surface area contributed by atoms with E-state index in [0.29, 0.717) is 19.8 Å². The number of aliphatic hydroxyl groups excluding tert-OH is 1. The van der Waals surface area contributed by atoms with Crippen LogP contribution in [0.25, 0.3) is 0 Å². The molecule has 3 heteroatoms. The van der Waals surface area contributed by atoms with E-state index in [1.165, 1.54) is 0 Å². The summed E-state index contributed by atoms with van der Waals surface area (Å²) < 4.78 is 10.2. The van der Waals surface area contributed by atoms with Crippen molar-refractivity contribution >= 4 is 0 Å². The predicted octanol–water partition coefficient (Wildman–Crippen LogP) is 0.625. The van der Waals surface area contributed by atoms with Crippen molar-refractivity contribution < 1.29 is 14.6 Å². The third-order valence-electron chi connectivity index (χ3n) is 0.956. The highest BCUT2D eigenvalue weighted by atomic mass is 16.5. The number of ether oxygens (including phenoxy) is 2. The lowest BCUT2D eigenvalue weighted by molar-refractivity contribution is -0.0248. The first-order valence-corrected chi connectivity index (χ1v) is 3.74. The highest BCUT2D eigenvalue weighted by Crippen LogP contribution is 2.04. The second kappa shape index (κ2) is 5.52. The van der Waals surface area contributed by atoms with Crippen molar-refractivity contribution in [2.24, 2.45) is 0 Å². The van der Waals surface area contributed by atoms with Crippen molar-refractivity contribution in [3.8, 4) is 0 Å². The maximum atomic E-state index is 8.35. The SMILES string of the molecule is [CH2]C(C)(C)OCCOCCO. The molecule has 0 rings (SSSR count). The largest absolute Gasteiger partial charge is 0.394 e. The number of aliphatic hydroxyl groups is 1. The molecule has 0 amide bonds. The predicted molar refractivity (Wildman–Crippen MR) is 43.3 cm³/mol. The average Bonchev–Trinajstić information content (AvgIpc) is 1.85. The molecule has 0 aliphatic carbocycles. The normalized spacial score (nSPS) is 12.0. The molecule has 0 aliphatic heterocycles. The first-order chi connectivity index (χ1) is 5.06. The van der Waals surface area contributed by atoms with Gasteiger partial charge in [-0.2, -0.15) is 0 Å². The van der Waals surface area contributed by atoms with Crippen LogP contribution in [0.15, 0.2) is 0 Å². The Labute approximate surface area is 68.3 Å². The summed E-state index contributed by atoms with van der Waals surface area (Å²) in [5.74, 6) is 0. The molecule has 1 N–H and O–H groups in total. The molecule has 1 radical (unpaired) electrons. The summed E-state index contributed by atoms with van der Waals surface area (Å²) in [7, 11) is 0. The van der Waals surface area contributed by atoms with E-state index in [0.717, 1.165) is 0 Å². The zero-order valence-electron chi connectivity index (χ0n) is 7.30. The van der Waals surface area contributed by atoms with Gasteiger partial charge in [0.25, 0.3) is 0 Å². The first kappa shape index (κ1) is 10.9. The van der Waals surface area contributed by atoms with Gasteiger partial charge in [0.2, 0.25) is 0 Å². The molecule has 0 atom stereocenters. The number of hydrogen-bond acceptors (Lipinski definition) is 3. The zero-order chi connectivity index (χ0) is 8.74. The van der Waals surface area contributed by atoms with Gasteiger partial charge in [0.15, 0.2) is 0 Å². The minimum Gasteiger partial charge on any atom is -0.394 e. The van der Waals surface area contributed by atoms with Gasteiger partial charge in [0.1, 0.15) is 0 Å². The van der Waals surface area contributed by atoms with Gasteiger partial charge in [-0.25, -0.2) is 0 Å². The Bertz CT molecular complexity index is 85.8. The highest BCUT2D eigenvalue weighted by molar-refractivity contribution is 4.69. The van der Waals surface area contributed by atoms with Gasteiger partial charge >= 0.3 is 0 Å². The van der Waals surface area contributed by atoms with E-state index in [1.54, 1.807) is 0 Å². The average molecular weight is 161 g/mol. The van der Waals surface area contributed by atoms with Crippen molar-refractivity contribution in [2.75, 3.05) is 26.4 Å². The molecule has 3 nitrogen and oxygen atoms in total. The van der Waals surface area contributed by atoms with Crippen LogP contribution in [0.4, 0.5) is 0 Å². The second-order valence-corrected chi connectivity index (χ2v) is 2.94. The van der Waals surface area contributed by atoms with E-state index < -0.39 is 0 Å². The van der Waals surface area contributed by atoms with Crippen LogP contribution in [0.2, 0.25) is 0 Å². The maximum absolute atomic E-state index is 8.35. The summed E-state index contributed by atoms with van der Waals surface area (Å²) in [5, 5.41) is 8.35. The zero-order valence-corrected chi connectivity index (χ0v) is 7.30. The maximum Gasteiger partial charge on any atom is 0.0707 e. The first-order valence-electron chi connectivity index (χ1n) is 3.74. The van der Waals surface area contributed by atoms with E-state index in [1.807, 2.05) is 13.8 Å². The van der Waals surface area contributed by atoms with Crippen molar-refractivity contribution in [2.45, 2.75) is 19.4 Å². The lowest BCUT2D eigenvalue weighted by Crippen LogP contribution is -2.22. The molecule has 0 spiro atoms. The van der Waals surface area contributed by atoms with Crippen molar-refractivity contribution in [3.05, 3.63) is 6.92 Å². The van der Waals surface area contributed by atoms with E-state index >= 15 is 0 Å². The summed E-state index contributed by atoms with van der Waals surface area (Å²) in [6.45, 7) is 9.01. The summed E-state index contributed by atoms with van der Waals surface area (Å²) in [6, 6.07) is 0. The monoisotopic (exact) mass is 161 g/mol.